The molecular formula is C13H13NO3S2. The topological polar surface area (TPSA) is 49.8 Å². The van der Waals surface area contributed by atoms with Crippen LogP contribution in [0, 0.1) is 0 Å². The summed E-state index contributed by atoms with van der Waals surface area (Å²) in [6, 6.07) is 7.41. The van der Waals surface area contributed by atoms with E-state index in [2.05, 4.69) is 0 Å². The molecule has 0 atom stereocenters. The summed E-state index contributed by atoms with van der Waals surface area (Å²) in [4.78, 5) is 14.0. The number of aliphatic hydroxyl groups is 1. The lowest BCUT2D eigenvalue weighted by atomic mass is 10.2. The molecule has 1 aliphatic rings. The van der Waals surface area contributed by atoms with Gasteiger partial charge in [-0.15, -0.1) is 0 Å². The number of carbonyl (C=O) groups excluding carboxylic acids is 1. The molecule has 0 aliphatic carbocycles. The first-order chi connectivity index (χ1) is 9.15. The summed E-state index contributed by atoms with van der Waals surface area (Å²) in [5.74, 6) is 0.616. The fourth-order valence-corrected chi connectivity index (χ4v) is 2.95. The largest absolute Gasteiger partial charge is 0.497 e. The second-order valence-electron chi connectivity index (χ2n) is 3.83. The van der Waals surface area contributed by atoms with Crippen molar-refractivity contribution in [2.24, 2.45) is 0 Å². The van der Waals surface area contributed by atoms with Crippen LogP contribution in [0.4, 0.5) is 0 Å². The Morgan fingerprint density at radius 2 is 2.11 bits per heavy atom. The number of methoxy groups -OCH3 is 1. The predicted molar refractivity (Wildman–Crippen MR) is 80.0 cm³/mol. The van der Waals surface area contributed by atoms with Crippen molar-refractivity contribution in [1.82, 2.24) is 4.90 Å². The Morgan fingerprint density at radius 1 is 1.42 bits per heavy atom. The van der Waals surface area contributed by atoms with Gasteiger partial charge in [0.1, 0.15) is 10.1 Å². The van der Waals surface area contributed by atoms with Crippen LogP contribution in [0.5, 0.6) is 5.75 Å². The first-order valence-electron chi connectivity index (χ1n) is 5.66. The zero-order chi connectivity index (χ0) is 13.8. The molecule has 1 aromatic rings. The molecule has 0 aromatic heterocycles. The van der Waals surface area contributed by atoms with E-state index >= 15 is 0 Å². The van der Waals surface area contributed by atoms with Gasteiger partial charge < -0.3 is 9.84 Å². The molecule has 6 heteroatoms. The molecule has 2 rings (SSSR count). The maximum Gasteiger partial charge on any atom is 0.266 e. The lowest BCUT2D eigenvalue weighted by Crippen LogP contribution is -2.30. The fourth-order valence-electron chi connectivity index (χ4n) is 1.64. The second-order valence-corrected chi connectivity index (χ2v) is 5.51. The van der Waals surface area contributed by atoms with Crippen molar-refractivity contribution >= 4 is 40.3 Å². The van der Waals surface area contributed by atoms with Crippen LogP contribution < -0.4 is 4.74 Å². The van der Waals surface area contributed by atoms with Crippen LogP contribution >= 0.6 is 24.0 Å². The van der Waals surface area contributed by atoms with E-state index in [4.69, 9.17) is 22.1 Å². The van der Waals surface area contributed by atoms with Crippen molar-refractivity contribution < 1.29 is 14.6 Å². The highest BCUT2D eigenvalue weighted by Gasteiger charge is 2.31. The number of amides is 1. The highest BCUT2D eigenvalue weighted by atomic mass is 32.2. The third kappa shape index (κ3) is 3.15. The van der Waals surface area contributed by atoms with E-state index in [1.165, 1.54) is 16.7 Å². The zero-order valence-electron chi connectivity index (χ0n) is 10.3. The van der Waals surface area contributed by atoms with Gasteiger partial charge in [0.25, 0.3) is 5.91 Å². The molecule has 0 unspecified atom stereocenters. The Kier molecular flexibility index (Phi) is 4.57. The quantitative estimate of drug-likeness (QED) is 0.679. The average molecular weight is 295 g/mol. The van der Waals surface area contributed by atoms with E-state index in [1.54, 1.807) is 13.2 Å². The Hall–Kier alpha value is -1.37. The first-order valence-corrected chi connectivity index (χ1v) is 6.88. The van der Waals surface area contributed by atoms with E-state index in [9.17, 15) is 4.79 Å². The monoisotopic (exact) mass is 295 g/mol. The van der Waals surface area contributed by atoms with Crippen molar-refractivity contribution in [3.8, 4) is 5.75 Å². The van der Waals surface area contributed by atoms with Crippen LogP contribution in [0.25, 0.3) is 6.08 Å². The molecule has 1 amide bonds. The summed E-state index contributed by atoms with van der Waals surface area (Å²) < 4.78 is 5.56. The van der Waals surface area contributed by atoms with Gasteiger partial charge in [0, 0.05) is 0 Å². The summed E-state index contributed by atoms with van der Waals surface area (Å²) in [7, 11) is 1.61. The Labute approximate surface area is 121 Å². The number of thiocarbonyl (C=S) groups is 1. The van der Waals surface area contributed by atoms with Crippen LogP contribution in [-0.4, -0.2) is 40.5 Å². The number of thioether (sulfide) groups is 1. The molecule has 19 heavy (non-hydrogen) atoms. The van der Waals surface area contributed by atoms with Gasteiger partial charge >= 0.3 is 0 Å². The van der Waals surface area contributed by atoms with Gasteiger partial charge in [0.15, 0.2) is 0 Å². The number of hydrogen-bond donors (Lipinski definition) is 1. The maximum absolute atomic E-state index is 12.0. The molecule has 1 N–H and O–H groups in total. The minimum Gasteiger partial charge on any atom is -0.497 e. The predicted octanol–water partition coefficient (Wildman–Crippen LogP) is 1.89. The molecule has 1 aromatic carbocycles. The zero-order valence-corrected chi connectivity index (χ0v) is 12.0. The fraction of sp³-hybridized carbons (Fsp3) is 0.231. The molecule has 1 fully saturated rings. The number of carbonyl (C=O) groups is 1. The van der Waals surface area contributed by atoms with Crippen LogP contribution in [-0.2, 0) is 4.79 Å². The SMILES string of the molecule is COc1ccc(/C=C2/SC(=S)N(CCO)C2=O)cc1. The Balaban J connectivity index is 2.19. The number of aliphatic hydroxyl groups excluding tert-OH is 1. The normalized spacial score (nSPS) is 17.4. The lowest BCUT2D eigenvalue weighted by molar-refractivity contribution is -0.122. The van der Waals surface area contributed by atoms with E-state index in [-0.39, 0.29) is 19.1 Å². The highest BCUT2D eigenvalue weighted by Crippen LogP contribution is 2.32. The molecule has 0 spiro atoms. The molecule has 100 valence electrons. The molecule has 4 nitrogen and oxygen atoms in total. The van der Waals surface area contributed by atoms with Crippen molar-refractivity contribution in [3.05, 3.63) is 34.7 Å². The number of rotatable bonds is 4. The number of nitrogens with zero attached hydrogens (tertiary/aromatic N) is 1. The van der Waals surface area contributed by atoms with Crippen LogP contribution in [0.1, 0.15) is 5.56 Å². The molecule has 1 saturated heterocycles. The van der Waals surface area contributed by atoms with Crippen molar-refractivity contribution in [3.63, 3.8) is 0 Å². The number of hydrogen-bond acceptors (Lipinski definition) is 5. The molecule has 0 radical (unpaired) electrons. The van der Waals surface area contributed by atoms with Crippen molar-refractivity contribution in [1.29, 1.82) is 0 Å². The van der Waals surface area contributed by atoms with E-state index in [0.29, 0.717) is 9.23 Å². The third-order valence-electron chi connectivity index (χ3n) is 2.61. The molecule has 0 saturated carbocycles. The van der Waals surface area contributed by atoms with Gasteiger partial charge in [-0.2, -0.15) is 0 Å². The van der Waals surface area contributed by atoms with Gasteiger partial charge in [-0.25, -0.2) is 0 Å². The number of ether oxygens (including phenoxy) is 1. The van der Waals surface area contributed by atoms with Gasteiger partial charge in [-0.05, 0) is 23.8 Å². The standard InChI is InChI=1S/C13H13NO3S2/c1-17-10-4-2-9(3-5-10)8-11-12(16)14(6-7-15)13(18)19-11/h2-5,8,15H,6-7H2,1H3/b11-8+. The minimum atomic E-state index is -0.153. The summed E-state index contributed by atoms with van der Waals surface area (Å²) in [5, 5.41) is 8.90. The minimum absolute atomic E-state index is 0.0950. The molecule has 1 aliphatic heterocycles. The smallest absolute Gasteiger partial charge is 0.266 e. The van der Waals surface area contributed by atoms with Gasteiger partial charge in [-0.1, -0.05) is 36.1 Å². The van der Waals surface area contributed by atoms with E-state index in [0.717, 1.165) is 11.3 Å². The first kappa shape index (κ1) is 14.0. The number of β-amino-alcohol motifs (C(OH)–C–C–N with tert-alkyl or cyclic N) is 1. The average Bonchev–Trinajstić information content (AvgIpc) is 2.68. The summed E-state index contributed by atoms with van der Waals surface area (Å²) in [6.07, 6.45) is 1.79. The lowest BCUT2D eigenvalue weighted by Gasteiger charge is -2.11. The second kappa shape index (κ2) is 6.18. The Bertz CT molecular complexity index is 525. The van der Waals surface area contributed by atoms with Crippen LogP contribution in [0.3, 0.4) is 0 Å². The molecule has 0 bridgehead atoms. The van der Waals surface area contributed by atoms with E-state index < -0.39 is 0 Å². The van der Waals surface area contributed by atoms with Crippen molar-refractivity contribution in [2.45, 2.75) is 0 Å². The van der Waals surface area contributed by atoms with E-state index in [1.807, 2.05) is 24.3 Å². The van der Waals surface area contributed by atoms with Gasteiger partial charge in [0.05, 0.1) is 25.2 Å². The summed E-state index contributed by atoms with van der Waals surface area (Å²) >= 11 is 6.37. The van der Waals surface area contributed by atoms with Gasteiger partial charge in [-0.3, -0.25) is 9.69 Å². The van der Waals surface area contributed by atoms with Crippen LogP contribution in [0.2, 0.25) is 0 Å². The molecule has 1 heterocycles. The van der Waals surface area contributed by atoms with Crippen molar-refractivity contribution in [2.75, 3.05) is 20.3 Å². The van der Waals surface area contributed by atoms with Gasteiger partial charge in [0.2, 0.25) is 0 Å². The third-order valence-corrected chi connectivity index (χ3v) is 3.99. The summed E-state index contributed by atoms with van der Waals surface area (Å²) in [6.45, 7) is 0.146. The number of benzene rings is 1. The molecular weight excluding hydrogens is 282 g/mol. The Morgan fingerprint density at radius 3 is 2.68 bits per heavy atom. The summed E-state index contributed by atoms with van der Waals surface area (Å²) in [5.41, 5.74) is 0.908. The van der Waals surface area contributed by atoms with Crippen LogP contribution in [0.15, 0.2) is 29.2 Å². The highest BCUT2D eigenvalue weighted by molar-refractivity contribution is 8.26. The maximum atomic E-state index is 12.0.